The molecule has 5 nitrogen and oxygen atoms in total. The predicted octanol–water partition coefficient (Wildman–Crippen LogP) is 1.51. The average molecular weight is 343 g/mol. The Hall–Kier alpha value is -2.04. The van der Waals surface area contributed by atoms with E-state index in [1.54, 1.807) is 0 Å². The van der Waals surface area contributed by atoms with Crippen molar-refractivity contribution in [3.8, 4) is 0 Å². The van der Waals surface area contributed by atoms with Crippen LogP contribution >= 0.6 is 0 Å². The van der Waals surface area contributed by atoms with E-state index in [0.717, 1.165) is 25.9 Å². The van der Waals surface area contributed by atoms with E-state index in [0.29, 0.717) is 25.9 Å². The summed E-state index contributed by atoms with van der Waals surface area (Å²) >= 11 is 0. The third-order valence-electron chi connectivity index (χ3n) is 5.89. The molecule has 0 aromatic heterocycles. The molecule has 1 heterocycles. The summed E-state index contributed by atoms with van der Waals surface area (Å²) in [6, 6.07) is 6.32. The molecule has 1 aliphatic heterocycles. The van der Waals surface area contributed by atoms with Gasteiger partial charge in [0.2, 0.25) is 5.91 Å². The molecule has 3 rings (SSSR count). The van der Waals surface area contributed by atoms with Crippen LogP contribution in [0.25, 0.3) is 0 Å². The fourth-order valence-electron chi connectivity index (χ4n) is 4.19. The molecule has 1 saturated heterocycles. The van der Waals surface area contributed by atoms with E-state index in [-0.39, 0.29) is 5.91 Å². The molecule has 0 bridgehead atoms. The molecule has 1 aromatic rings. The second-order valence-electron chi connectivity index (χ2n) is 7.35. The van der Waals surface area contributed by atoms with Gasteiger partial charge >= 0.3 is 0 Å². The molecule has 1 aliphatic carbocycles. The first kappa shape index (κ1) is 17.8. The first-order chi connectivity index (χ1) is 12.0. The number of amides is 1. The molecule has 1 saturated carbocycles. The first-order valence-electron chi connectivity index (χ1n) is 9.30. The van der Waals surface area contributed by atoms with Crippen LogP contribution in [0.1, 0.15) is 36.8 Å². The molecule has 1 aromatic carbocycles. The van der Waals surface area contributed by atoms with Gasteiger partial charge in [-0.25, -0.2) is 0 Å². The number of hydrogen-bond acceptors (Lipinski definition) is 4. The van der Waals surface area contributed by atoms with Crippen molar-refractivity contribution in [3.63, 3.8) is 0 Å². The maximum atomic E-state index is 12.8. The molecule has 2 aliphatic rings. The summed E-state index contributed by atoms with van der Waals surface area (Å²) in [6.45, 7) is 7.14. The van der Waals surface area contributed by atoms with Gasteiger partial charge in [0.15, 0.2) is 0 Å². The number of carboxylic acids is 1. The lowest BCUT2D eigenvalue weighted by Crippen LogP contribution is -2.53. The highest BCUT2D eigenvalue weighted by Crippen LogP contribution is 2.32. The molecule has 0 radical (unpaired) electrons. The van der Waals surface area contributed by atoms with Crippen molar-refractivity contribution in [1.29, 1.82) is 0 Å². The number of nitrogens with zero attached hydrogens (tertiary/aromatic N) is 2. The minimum absolute atomic E-state index is 0.00881. The van der Waals surface area contributed by atoms with Crippen molar-refractivity contribution in [2.24, 2.45) is 11.8 Å². The predicted molar refractivity (Wildman–Crippen MR) is 95.2 cm³/mol. The number of carboxylic acid groups (broad SMARTS) is 1. The summed E-state index contributed by atoms with van der Waals surface area (Å²) in [5.41, 5.74) is 3.79. The van der Waals surface area contributed by atoms with Gasteiger partial charge in [0.05, 0.1) is 0 Å². The summed E-state index contributed by atoms with van der Waals surface area (Å²) in [4.78, 5) is 28.4. The Kier molecular flexibility index (Phi) is 5.30. The minimum Gasteiger partial charge on any atom is -0.550 e. The summed E-state index contributed by atoms with van der Waals surface area (Å²) in [7, 11) is 0. The average Bonchev–Trinajstić information content (AvgIpc) is 2.63. The zero-order valence-corrected chi connectivity index (χ0v) is 15.2. The molecule has 0 N–H and O–H groups in total. The van der Waals surface area contributed by atoms with E-state index >= 15 is 0 Å². The van der Waals surface area contributed by atoms with Gasteiger partial charge in [-0.1, -0.05) is 25.0 Å². The Morgan fingerprint density at radius 2 is 1.64 bits per heavy atom. The Bertz CT molecular complexity index is 650. The van der Waals surface area contributed by atoms with Gasteiger partial charge in [-0.2, -0.15) is 0 Å². The lowest BCUT2D eigenvalue weighted by atomic mass is 9.78. The number of carbonyl (C=O) groups is 2. The topological polar surface area (TPSA) is 63.7 Å². The van der Waals surface area contributed by atoms with E-state index in [1.165, 1.54) is 16.8 Å². The van der Waals surface area contributed by atoms with Crippen LogP contribution in [0.4, 0.5) is 5.69 Å². The molecule has 5 heteroatoms. The van der Waals surface area contributed by atoms with Gasteiger partial charge in [-0.3, -0.25) is 4.79 Å². The fourth-order valence-corrected chi connectivity index (χ4v) is 4.19. The van der Waals surface area contributed by atoms with Crippen LogP contribution < -0.4 is 10.0 Å². The zero-order valence-electron chi connectivity index (χ0n) is 15.2. The maximum Gasteiger partial charge on any atom is 0.226 e. The van der Waals surface area contributed by atoms with Crippen molar-refractivity contribution in [3.05, 3.63) is 29.3 Å². The lowest BCUT2D eigenvalue weighted by Gasteiger charge is -2.40. The normalized spacial score (nSPS) is 24.2. The van der Waals surface area contributed by atoms with Crippen molar-refractivity contribution >= 4 is 17.6 Å². The Morgan fingerprint density at radius 1 is 1.00 bits per heavy atom. The van der Waals surface area contributed by atoms with Crippen LogP contribution in [0.2, 0.25) is 0 Å². The lowest BCUT2D eigenvalue weighted by molar-refractivity contribution is -0.314. The number of piperazine rings is 1. The molecule has 2 atom stereocenters. The molecule has 2 unspecified atom stereocenters. The molecule has 2 fully saturated rings. The Labute approximate surface area is 149 Å². The molecular weight excluding hydrogens is 316 g/mol. The van der Waals surface area contributed by atoms with E-state index in [9.17, 15) is 14.7 Å². The Balaban J connectivity index is 1.64. The molecule has 136 valence electrons. The van der Waals surface area contributed by atoms with Gasteiger partial charge in [-0.15, -0.1) is 0 Å². The van der Waals surface area contributed by atoms with Crippen molar-refractivity contribution in [2.45, 2.75) is 39.5 Å². The first-order valence-corrected chi connectivity index (χ1v) is 9.30. The maximum absolute atomic E-state index is 12.8. The molecule has 1 amide bonds. The molecule has 0 spiro atoms. The van der Waals surface area contributed by atoms with Crippen molar-refractivity contribution in [1.82, 2.24) is 4.90 Å². The second-order valence-corrected chi connectivity index (χ2v) is 7.35. The van der Waals surface area contributed by atoms with E-state index in [4.69, 9.17) is 0 Å². The quantitative estimate of drug-likeness (QED) is 0.834. The Morgan fingerprint density at radius 3 is 2.28 bits per heavy atom. The fraction of sp³-hybridized carbons (Fsp3) is 0.600. The second kappa shape index (κ2) is 7.46. The third-order valence-corrected chi connectivity index (χ3v) is 5.89. The van der Waals surface area contributed by atoms with Crippen LogP contribution in [0.5, 0.6) is 0 Å². The van der Waals surface area contributed by atoms with Gasteiger partial charge in [0, 0.05) is 49.7 Å². The highest BCUT2D eigenvalue weighted by atomic mass is 16.4. The van der Waals surface area contributed by atoms with Crippen LogP contribution in [-0.4, -0.2) is 43.0 Å². The van der Waals surface area contributed by atoms with Gasteiger partial charge < -0.3 is 19.7 Å². The number of aryl methyl sites for hydroxylation is 1. The number of anilines is 1. The minimum atomic E-state index is -1.06. The summed E-state index contributed by atoms with van der Waals surface area (Å²) in [6.07, 6.45) is 3.06. The summed E-state index contributed by atoms with van der Waals surface area (Å²) in [5.74, 6) is -2.06. The highest BCUT2D eigenvalue weighted by Gasteiger charge is 2.35. The standard InChI is InChI=1S/C20H28N2O3/c1-14-6-5-9-18(15(14)2)21-10-12-22(13-11-21)19(23)16-7-3-4-8-17(16)20(24)25/h5-6,9,16-17H,3-4,7-8,10-13H2,1-2H3,(H,24,25)/p-1. The van der Waals surface area contributed by atoms with Crippen molar-refractivity contribution < 1.29 is 14.7 Å². The van der Waals surface area contributed by atoms with E-state index in [1.807, 2.05) is 4.90 Å². The van der Waals surface area contributed by atoms with Gasteiger partial charge in [0.25, 0.3) is 0 Å². The monoisotopic (exact) mass is 343 g/mol. The third kappa shape index (κ3) is 3.65. The van der Waals surface area contributed by atoms with Gasteiger partial charge in [-0.05, 0) is 43.9 Å². The van der Waals surface area contributed by atoms with E-state index < -0.39 is 17.8 Å². The summed E-state index contributed by atoms with van der Waals surface area (Å²) < 4.78 is 0. The SMILES string of the molecule is Cc1cccc(N2CCN(C(=O)C3CCCCC3C(=O)[O-])CC2)c1C. The number of hydrogen-bond donors (Lipinski definition) is 0. The zero-order chi connectivity index (χ0) is 18.0. The number of aliphatic carboxylic acids is 1. The van der Waals surface area contributed by atoms with Crippen LogP contribution in [-0.2, 0) is 9.59 Å². The van der Waals surface area contributed by atoms with E-state index in [2.05, 4.69) is 36.9 Å². The van der Waals surface area contributed by atoms with Crippen molar-refractivity contribution in [2.75, 3.05) is 31.1 Å². The van der Waals surface area contributed by atoms with Crippen LogP contribution in [0.3, 0.4) is 0 Å². The van der Waals surface area contributed by atoms with Crippen LogP contribution in [0.15, 0.2) is 18.2 Å². The summed E-state index contributed by atoms with van der Waals surface area (Å²) in [5, 5.41) is 11.4. The van der Waals surface area contributed by atoms with Crippen LogP contribution in [0, 0.1) is 25.7 Å². The number of benzene rings is 1. The number of carbonyl (C=O) groups excluding carboxylic acids is 2. The molecular formula is C20H27N2O3-. The van der Waals surface area contributed by atoms with Gasteiger partial charge in [0.1, 0.15) is 0 Å². The smallest absolute Gasteiger partial charge is 0.226 e. The highest BCUT2D eigenvalue weighted by molar-refractivity contribution is 5.84. The largest absolute Gasteiger partial charge is 0.550 e. The number of rotatable bonds is 3. The molecule has 25 heavy (non-hydrogen) atoms.